The third kappa shape index (κ3) is 1.23. The van der Waals surface area contributed by atoms with Crippen LogP contribution in [-0.4, -0.2) is 32.1 Å². The van der Waals surface area contributed by atoms with Gasteiger partial charge in [0, 0.05) is 29.4 Å². The molecule has 0 aromatic carbocycles. The predicted molar refractivity (Wildman–Crippen MR) is 81.0 cm³/mol. The van der Waals surface area contributed by atoms with Crippen LogP contribution in [0.3, 0.4) is 0 Å². The number of carbonyl (C=O) groups excluding carboxylic acids is 1. The van der Waals surface area contributed by atoms with Crippen molar-refractivity contribution >= 4 is 5.97 Å². The van der Waals surface area contributed by atoms with E-state index in [1.165, 1.54) is 18.4 Å². The van der Waals surface area contributed by atoms with Gasteiger partial charge in [0.15, 0.2) is 6.29 Å². The van der Waals surface area contributed by atoms with E-state index in [1.54, 1.807) is 13.2 Å². The van der Waals surface area contributed by atoms with E-state index in [2.05, 4.69) is 6.58 Å². The molecule has 1 spiro atoms. The van der Waals surface area contributed by atoms with Gasteiger partial charge in [0.2, 0.25) is 0 Å². The minimum atomic E-state index is -0.271. The second-order valence-corrected chi connectivity index (χ2v) is 7.08. The van der Waals surface area contributed by atoms with Crippen LogP contribution in [0, 0.1) is 16.2 Å². The number of rotatable bonds is 4. The summed E-state index contributed by atoms with van der Waals surface area (Å²) in [5, 5.41) is 0. The quantitative estimate of drug-likeness (QED) is 0.455. The molecule has 1 heterocycles. The van der Waals surface area contributed by atoms with Crippen LogP contribution in [-0.2, 0) is 19.0 Å². The van der Waals surface area contributed by atoms with E-state index in [-0.39, 0.29) is 34.6 Å². The molecule has 120 valence electrons. The van der Waals surface area contributed by atoms with Crippen molar-refractivity contribution in [3.8, 4) is 0 Å². The van der Waals surface area contributed by atoms with Gasteiger partial charge in [-0.25, -0.2) is 4.79 Å². The molecule has 0 N–H and O–H groups in total. The second kappa shape index (κ2) is 4.45. The van der Waals surface area contributed by atoms with Crippen molar-refractivity contribution in [1.82, 2.24) is 0 Å². The molecular formula is C18H24O4. The summed E-state index contributed by atoms with van der Waals surface area (Å²) in [6.07, 6.45) is 9.25. The van der Waals surface area contributed by atoms with Crippen LogP contribution in [0.5, 0.6) is 0 Å². The van der Waals surface area contributed by atoms with Crippen molar-refractivity contribution in [3.05, 3.63) is 24.3 Å². The zero-order valence-electron chi connectivity index (χ0n) is 13.4. The highest BCUT2D eigenvalue weighted by molar-refractivity contribution is 5.82. The Morgan fingerprint density at radius 1 is 1.45 bits per heavy atom. The molecule has 5 fully saturated rings. The smallest absolute Gasteiger partial charge is 0.330 e. The molecule has 0 aromatic heterocycles. The molecule has 5 rings (SSSR count). The molecule has 1 saturated heterocycles. The minimum Gasteiger partial charge on any atom is -0.463 e. The molecule has 0 aromatic rings. The first-order chi connectivity index (χ1) is 10.6. The third-order valence-corrected chi connectivity index (χ3v) is 6.81. The maximum atomic E-state index is 11.8. The molecular weight excluding hydrogens is 280 g/mol. The second-order valence-electron chi connectivity index (χ2n) is 7.08. The van der Waals surface area contributed by atoms with Gasteiger partial charge >= 0.3 is 5.97 Å². The lowest BCUT2D eigenvalue weighted by molar-refractivity contribution is -0.233. The molecule has 4 nitrogen and oxygen atoms in total. The van der Waals surface area contributed by atoms with Crippen molar-refractivity contribution < 1.29 is 19.0 Å². The third-order valence-electron chi connectivity index (χ3n) is 6.81. The van der Waals surface area contributed by atoms with Gasteiger partial charge in [0.1, 0.15) is 0 Å². The zero-order valence-corrected chi connectivity index (χ0v) is 13.4. The summed E-state index contributed by atoms with van der Waals surface area (Å²) in [5.74, 6) is -0.271. The fourth-order valence-electron chi connectivity index (χ4n) is 6.26. The van der Waals surface area contributed by atoms with E-state index in [1.807, 2.05) is 13.0 Å². The van der Waals surface area contributed by atoms with Crippen molar-refractivity contribution in [2.24, 2.45) is 16.2 Å². The summed E-state index contributed by atoms with van der Waals surface area (Å²) in [4.78, 5) is 11.8. The molecule has 4 heteroatoms. The topological polar surface area (TPSA) is 44.8 Å². The highest BCUT2D eigenvalue weighted by Crippen LogP contribution is 2.89. The van der Waals surface area contributed by atoms with Gasteiger partial charge in [0.05, 0.1) is 12.7 Å². The number of ether oxygens (including phenoxy) is 3. The zero-order chi connectivity index (χ0) is 15.6. The Morgan fingerprint density at radius 3 is 2.95 bits per heavy atom. The monoisotopic (exact) mass is 304 g/mol. The number of methoxy groups -OCH3 is 1. The lowest BCUT2D eigenvalue weighted by atomic mass is 9.35. The number of hydrogen-bond acceptors (Lipinski definition) is 4. The molecule has 1 unspecified atom stereocenters. The van der Waals surface area contributed by atoms with E-state index in [9.17, 15) is 4.79 Å². The average molecular weight is 304 g/mol. The van der Waals surface area contributed by atoms with Gasteiger partial charge in [-0.2, -0.15) is 0 Å². The minimum absolute atomic E-state index is 0.0300. The van der Waals surface area contributed by atoms with E-state index in [4.69, 9.17) is 14.2 Å². The summed E-state index contributed by atoms with van der Waals surface area (Å²) in [5.41, 5.74) is 1.15. The SMILES string of the molecule is C=C1[C@@]2(/C=C/C(=O)OCC)C[C@@H]3OC(OC)[C@]24CCCC[C@@]134. The lowest BCUT2D eigenvalue weighted by Gasteiger charge is -2.67. The maximum absolute atomic E-state index is 11.8. The standard InChI is InChI=1S/C18H24O4/c1-4-21-14(19)7-10-16-11-13-17(12(16)2)8-5-6-9-18(16,17)15(20-3)22-13/h7,10,13,15H,2,4-6,8-9,11H2,1,3H3/b10-7+/t13-,15?,16+,17+,18+/m0/s1. The van der Waals surface area contributed by atoms with Crippen LogP contribution >= 0.6 is 0 Å². The van der Waals surface area contributed by atoms with Crippen LogP contribution in [0.25, 0.3) is 0 Å². The van der Waals surface area contributed by atoms with Crippen molar-refractivity contribution in [3.63, 3.8) is 0 Å². The Bertz CT molecular complexity index is 567. The first-order valence-electron chi connectivity index (χ1n) is 8.33. The molecule has 1 aliphatic heterocycles. The number of carbonyl (C=O) groups is 1. The van der Waals surface area contributed by atoms with Crippen LogP contribution in [0.2, 0.25) is 0 Å². The molecule has 22 heavy (non-hydrogen) atoms. The molecule has 4 bridgehead atoms. The first kappa shape index (κ1) is 14.5. The first-order valence-corrected chi connectivity index (χ1v) is 8.33. The molecule has 0 radical (unpaired) electrons. The van der Waals surface area contributed by atoms with Gasteiger partial charge in [0.25, 0.3) is 0 Å². The van der Waals surface area contributed by atoms with Crippen molar-refractivity contribution in [2.45, 2.75) is 51.4 Å². The van der Waals surface area contributed by atoms with Gasteiger partial charge < -0.3 is 14.2 Å². The Kier molecular flexibility index (Phi) is 2.93. The van der Waals surface area contributed by atoms with Crippen LogP contribution < -0.4 is 0 Å². The maximum Gasteiger partial charge on any atom is 0.330 e. The fourth-order valence-corrected chi connectivity index (χ4v) is 6.26. The van der Waals surface area contributed by atoms with Crippen molar-refractivity contribution in [2.75, 3.05) is 13.7 Å². The Labute approximate surface area is 131 Å². The Morgan fingerprint density at radius 2 is 2.23 bits per heavy atom. The molecule has 5 atom stereocenters. The molecule has 4 aliphatic carbocycles. The summed E-state index contributed by atoms with van der Waals surface area (Å²) in [6, 6.07) is 0. The molecule has 0 amide bonds. The number of hydrogen-bond donors (Lipinski definition) is 0. The Hall–Kier alpha value is -1.13. The van der Waals surface area contributed by atoms with Gasteiger partial charge in [-0.15, -0.1) is 0 Å². The van der Waals surface area contributed by atoms with Gasteiger partial charge in [-0.1, -0.05) is 31.1 Å². The lowest BCUT2D eigenvalue weighted by Crippen LogP contribution is -2.65. The highest BCUT2D eigenvalue weighted by Gasteiger charge is 2.89. The fraction of sp³-hybridized carbons (Fsp3) is 0.722. The van der Waals surface area contributed by atoms with E-state index >= 15 is 0 Å². The summed E-state index contributed by atoms with van der Waals surface area (Å²) >= 11 is 0. The highest BCUT2D eigenvalue weighted by atomic mass is 16.7. The average Bonchev–Trinajstić information content (AvgIpc) is 3.04. The van der Waals surface area contributed by atoms with Crippen LogP contribution in [0.15, 0.2) is 24.3 Å². The van der Waals surface area contributed by atoms with Gasteiger partial charge in [-0.05, 0) is 26.2 Å². The van der Waals surface area contributed by atoms with E-state index in [0.29, 0.717) is 6.61 Å². The van der Waals surface area contributed by atoms with Crippen LogP contribution in [0.4, 0.5) is 0 Å². The number of esters is 1. The normalized spacial score (nSPS) is 48.4. The van der Waals surface area contributed by atoms with Crippen molar-refractivity contribution in [1.29, 1.82) is 0 Å². The Balaban J connectivity index is 1.75. The van der Waals surface area contributed by atoms with E-state index < -0.39 is 0 Å². The van der Waals surface area contributed by atoms with Crippen LogP contribution in [0.1, 0.15) is 39.0 Å². The molecule has 4 saturated carbocycles. The number of allylic oxidation sites excluding steroid dienone is 1. The summed E-state index contributed by atoms with van der Waals surface area (Å²) in [7, 11) is 1.73. The largest absolute Gasteiger partial charge is 0.463 e. The molecule has 5 aliphatic rings. The summed E-state index contributed by atoms with van der Waals surface area (Å²) < 4.78 is 17.0. The summed E-state index contributed by atoms with van der Waals surface area (Å²) in [6.45, 7) is 6.65. The van der Waals surface area contributed by atoms with Gasteiger partial charge in [-0.3, -0.25) is 0 Å². The predicted octanol–water partition coefficient (Wildman–Crippen LogP) is 2.98. The van der Waals surface area contributed by atoms with E-state index in [0.717, 1.165) is 19.3 Å².